The zero-order valence-corrected chi connectivity index (χ0v) is 19.5. The lowest BCUT2D eigenvalue weighted by atomic mass is 9.93. The Morgan fingerprint density at radius 1 is 1.15 bits per heavy atom. The average Bonchev–Trinajstić information content (AvgIpc) is 3.50. The highest BCUT2D eigenvalue weighted by molar-refractivity contribution is 6.00. The zero-order valence-electron chi connectivity index (χ0n) is 18.7. The summed E-state index contributed by atoms with van der Waals surface area (Å²) in [6, 6.07) is 17.1. The quantitative estimate of drug-likeness (QED) is 0.381. The molecule has 33 heavy (non-hydrogen) atoms. The molecule has 0 fully saturated rings. The number of phenolic OH excluding ortho intramolecular Hbond substituents is 1. The van der Waals surface area contributed by atoms with E-state index in [0.29, 0.717) is 35.2 Å². The predicted octanol–water partition coefficient (Wildman–Crippen LogP) is 5.97. The molecule has 7 heteroatoms. The lowest BCUT2D eigenvalue weighted by molar-refractivity contribution is 0.0717. The third-order valence-electron chi connectivity index (χ3n) is 6.10. The third-order valence-corrected chi connectivity index (χ3v) is 6.10. The summed E-state index contributed by atoms with van der Waals surface area (Å²) in [5, 5.41) is 18.0. The summed E-state index contributed by atoms with van der Waals surface area (Å²) >= 11 is 0. The van der Waals surface area contributed by atoms with Gasteiger partial charge in [0.15, 0.2) is 0 Å². The Balaban J connectivity index is 0.00000259. The SMILES string of the molecule is Cc1ccc(O)c(-c2n[nH]c3c2C(c2ccc(C(C)C)cc2)N(Cc2ccco2)C3=O)c1.Cl. The molecule has 0 bridgehead atoms. The fourth-order valence-electron chi connectivity index (χ4n) is 4.38. The number of rotatable bonds is 5. The number of H-pyrrole nitrogens is 1. The molecule has 3 heterocycles. The van der Waals surface area contributed by atoms with Gasteiger partial charge < -0.3 is 14.4 Å². The van der Waals surface area contributed by atoms with E-state index in [-0.39, 0.29) is 30.1 Å². The number of hydrogen-bond acceptors (Lipinski definition) is 4. The minimum atomic E-state index is -0.350. The molecule has 0 saturated carbocycles. The molecule has 1 amide bonds. The number of furan rings is 1. The Morgan fingerprint density at radius 3 is 2.58 bits per heavy atom. The average molecular weight is 464 g/mol. The van der Waals surface area contributed by atoms with Crippen molar-refractivity contribution in [2.45, 2.75) is 39.3 Å². The summed E-state index contributed by atoms with van der Waals surface area (Å²) < 4.78 is 5.54. The van der Waals surface area contributed by atoms with E-state index in [0.717, 1.165) is 16.7 Å². The van der Waals surface area contributed by atoms with Gasteiger partial charge in [0.05, 0.1) is 18.8 Å². The minimum Gasteiger partial charge on any atom is -0.507 e. The van der Waals surface area contributed by atoms with E-state index in [1.54, 1.807) is 17.2 Å². The molecule has 1 aliphatic heterocycles. The maximum atomic E-state index is 13.4. The normalized spacial score (nSPS) is 15.1. The van der Waals surface area contributed by atoms with Crippen molar-refractivity contribution in [3.63, 3.8) is 0 Å². The molecule has 2 aromatic carbocycles. The molecule has 170 valence electrons. The van der Waals surface area contributed by atoms with Crippen LogP contribution in [0.2, 0.25) is 0 Å². The molecule has 0 spiro atoms. The number of halogens is 1. The first-order valence-corrected chi connectivity index (χ1v) is 10.8. The molecule has 0 saturated heterocycles. The second-order valence-electron chi connectivity index (χ2n) is 8.62. The van der Waals surface area contributed by atoms with Gasteiger partial charge in [0.25, 0.3) is 5.91 Å². The Labute approximate surface area is 198 Å². The van der Waals surface area contributed by atoms with Gasteiger partial charge in [-0.05, 0) is 48.2 Å². The molecule has 1 unspecified atom stereocenters. The van der Waals surface area contributed by atoms with E-state index in [9.17, 15) is 9.90 Å². The Bertz CT molecular complexity index is 1280. The largest absolute Gasteiger partial charge is 0.507 e. The number of aromatic amines is 1. The number of nitrogens with zero attached hydrogens (tertiary/aromatic N) is 2. The van der Waals surface area contributed by atoms with Crippen molar-refractivity contribution in [3.05, 3.63) is 94.6 Å². The van der Waals surface area contributed by atoms with E-state index < -0.39 is 0 Å². The predicted molar refractivity (Wildman–Crippen MR) is 129 cm³/mol. The molecule has 1 aliphatic rings. The van der Waals surface area contributed by atoms with Crippen molar-refractivity contribution in [2.75, 3.05) is 0 Å². The lowest BCUT2D eigenvalue weighted by Crippen LogP contribution is -2.29. The van der Waals surface area contributed by atoms with Crippen LogP contribution < -0.4 is 0 Å². The number of benzene rings is 2. The summed E-state index contributed by atoms with van der Waals surface area (Å²) in [5.41, 5.74) is 5.66. The van der Waals surface area contributed by atoms with E-state index in [2.05, 4.69) is 48.3 Å². The van der Waals surface area contributed by atoms with Crippen molar-refractivity contribution < 1.29 is 14.3 Å². The molecule has 6 nitrogen and oxygen atoms in total. The summed E-state index contributed by atoms with van der Waals surface area (Å²) in [6.45, 7) is 6.62. The number of hydrogen-bond donors (Lipinski definition) is 2. The van der Waals surface area contributed by atoms with Crippen molar-refractivity contribution in [2.24, 2.45) is 0 Å². The maximum absolute atomic E-state index is 13.4. The second-order valence-corrected chi connectivity index (χ2v) is 8.62. The van der Waals surface area contributed by atoms with Gasteiger partial charge in [0, 0.05) is 11.1 Å². The van der Waals surface area contributed by atoms with Gasteiger partial charge in [-0.3, -0.25) is 9.89 Å². The number of nitrogens with one attached hydrogen (secondary N) is 1. The van der Waals surface area contributed by atoms with Gasteiger partial charge in [0.2, 0.25) is 0 Å². The maximum Gasteiger partial charge on any atom is 0.273 e. The number of phenols is 1. The molecule has 5 rings (SSSR count). The first-order valence-electron chi connectivity index (χ1n) is 10.8. The van der Waals surface area contributed by atoms with Crippen LogP contribution in [0.4, 0.5) is 0 Å². The molecule has 2 N–H and O–H groups in total. The first-order chi connectivity index (χ1) is 15.4. The van der Waals surface area contributed by atoms with Crippen LogP contribution in [-0.2, 0) is 6.54 Å². The summed E-state index contributed by atoms with van der Waals surface area (Å²) in [6.07, 6.45) is 1.61. The van der Waals surface area contributed by atoms with Crippen LogP contribution in [0.3, 0.4) is 0 Å². The van der Waals surface area contributed by atoms with E-state index in [4.69, 9.17) is 4.42 Å². The highest BCUT2D eigenvalue weighted by Gasteiger charge is 2.42. The van der Waals surface area contributed by atoms with E-state index in [1.165, 1.54) is 5.56 Å². The van der Waals surface area contributed by atoms with Crippen LogP contribution in [0, 0.1) is 6.92 Å². The van der Waals surface area contributed by atoms with Crippen LogP contribution in [0.5, 0.6) is 5.75 Å². The third kappa shape index (κ3) is 3.91. The van der Waals surface area contributed by atoms with E-state index >= 15 is 0 Å². The highest BCUT2D eigenvalue weighted by Crippen LogP contribution is 2.45. The number of aryl methyl sites for hydroxylation is 1. The standard InChI is InChI=1S/C26H25N3O3.ClH/c1-15(2)17-7-9-18(10-8-17)25-22-23(20-13-16(3)6-11-21(20)30)27-28-24(22)26(31)29(25)14-19-5-4-12-32-19;/h4-13,15,25,30H,14H2,1-3H3,(H,27,28);1H. The summed E-state index contributed by atoms with van der Waals surface area (Å²) in [4.78, 5) is 15.2. The molecular weight excluding hydrogens is 438 g/mol. The number of carbonyl (C=O) groups is 1. The van der Waals surface area contributed by atoms with Crippen LogP contribution in [-0.4, -0.2) is 26.1 Å². The van der Waals surface area contributed by atoms with Crippen molar-refractivity contribution >= 4 is 18.3 Å². The van der Waals surface area contributed by atoms with Gasteiger partial charge in [-0.2, -0.15) is 5.10 Å². The van der Waals surface area contributed by atoms with Gasteiger partial charge >= 0.3 is 0 Å². The fraction of sp³-hybridized carbons (Fsp3) is 0.231. The number of aromatic nitrogens is 2. The smallest absolute Gasteiger partial charge is 0.273 e. The molecular formula is C26H26ClN3O3. The van der Waals surface area contributed by atoms with Gasteiger partial charge in [0.1, 0.15) is 22.9 Å². The number of fused-ring (bicyclic) bond motifs is 1. The molecule has 4 aromatic rings. The zero-order chi connectivity index (χ0) is 22.4. The van der Waals surface area contributed by atoms with Gasteiger partial charge in [-0.15, -0.1) is 12.4 Å². The van der Waals surface area contributed by atoms with Crippen molar-refractivity contribution in [3.8, 4) is 17.0 Å². The minimum absolute atomic E-state index is 0. The number of amides is 1. The van der Waals surface area contributed by atoms with Crippen LogP contribution in [0.1, 0.15) is 64.3 Å². The molecule has 2 aromatic heterocycles. The topological polar surface area (TPSA) is 82.4 Å². The molecule has 0 aliphatic carbocycles. The Kier molecular flexibility index (Phi) is 6.04. The van der Waals surface area contributed by atoms with E-state index in [1.807, 2.05) is 31.2 Å². The van der Waals surface area contributed by atoms with Gasteiger partial charge in [-0.1, -0.05) is 49.7 Å². The monoisotopic (exact) mass is 463 g/mol. The number of aromatic hydroxyl groups is 1. The van der Waals surface area contributed by atoms with Gasteiger partial charge in [-0.25, -0.2) is 0 Å². The Hall–Kier alpha value is -3.51. The number of carbonyl (C=O) groups excluding carboxylic acids is 1. The van der Waals surface area contributed by atoms with Crippen LogP contribution in [0.15, 0.2) is 65.3 Å². The first kappa shape index (κ1) is 22.7. The highest BCUT2D eigenvalue weighted by atomic mass is 35.5. The molecule has 0 radical (unpaired) electrons. The molecule has 1 atom stereocenters. The van der Waals surface area contributed by atoms with Crippen LogP contribution in [0.25, 0.3) is 11.3 Å². The summed E-state index contributed by atoms with van der Waals surface area (Å²) in [7, 11) is 0. The Morgan fingerprint density at radius 2 is 1.91 bits per heavy atom. The van der Waals surface area contributed by atoms with Crippen molar-refractivity contribution in [1.29, 1.82) is 0 Å². The van der Waals surface area contributed by atoms with Crippen LogP contribution >= 0.6 is 12.4 Å². The summed E-state index contributed by atoms with van der Waals surface area (Å²) in [5.74, 6) is 1.12. The second kappa shape index (κ2) is 8.79. The van der Waals surface area contributed by atoms with Crippen molar-refractivity contribution in [1.82, 2.24) is 15.1 Å². The lowest BCUT2D eigenvalue weighted by Gasteiger charge is -2.26. The fourth-order valence-corrected chi connectivity index (χ4v) is 4.38.